The van der Waals surface area contributed by atoms with Crippen molar-refractivity contribution in [3.8, 4) is 23.2 Å². The number of hydrogen-bond donors (Lipinski definition) is 0. The molecule has 0 aliphatic rings. The van der Waals surface area contributed by atoms with E-state index in [1.54, 1.807) is 42.5 Å². The van der Waals surface area contributed by atoms with Crippen molar-refractivity contribution in [2.75, 3.05) is 6.61 Å². The zero-order chi connectivity index (χ0) is 17.6. The van der Waals surface area contributed by atoms with Crippen molar-refractivity contribution >= 4 is 34.3 Å². The van der Waals surface area contributed by atoms with Crippen molar-refractivity contribution in [1.82, 2.24) is 10.1 Å². The third kappa shape index (κ3) is 4.38. The van der Waals surface area contributed by atoms with Crippen LogP contribution in [0.5, 0.6) is 5.75 Å². The van der Waals surface area contributed by atoms with Gasteiger partial charge in [0.15, 0.2) is 6.61 Å². The Morgan fingerprint density at radius 3 is 2.56 bits per heavy atom. The fraction of sp³-hybridized carbons (Fsp3) is 0.0556. The number of benzene rings is 2. The van der Waals surface area contributed by atoms with E-state index < -0.39 is 0 Å². The highest BCUT2D eigenvalue weighted by Crippen LogP contribution is 2.25. The van der Waals surface area contributed by atoms with Gasteiger partial charge in [-0.05, 0) is 48.0 Å². The molecule has 3 rings (SSSR count). The van der Waals surface area contributed by atoms with Gasteiger partial charge in [0.05, 0.1) is 0 Å². The molecule has 25 heavy (non-hydrogen) atoms. The van der Waals surface area contributed by atoms with Crippen molar-refractivity contribution in [1.29, 1.82) is 5.26 Å². The summed E-state index contributed by atoms with van der Waals surface area (Å²) < 4.78 is 10.4. The van der Waals surface area contributed by atoms with Gasteiger partial charge < -0.3 is 9.26 Å². The molecule has 1 aromatic heterocycles. The van der Waals surface area contributed by atoms with E-state index in [0.29, 0.717) is 21.6 Å². The third-order valence-corrected chi connectivity index (χ3v) is 3.73. The van der Waals surface area contributed by atoms with Crippen molar-refractivity contribution in [3.05, 3.63) is 65.0 Å². The molecule has 0 bridgehead atoms. The maximum atomic E-state index is 8.49. The summed E-state index contributed by atoms with van der Waals surface area (Å²) in [6.07, 6.45) is 1.70. The molecule has 0 atom stereocenters. The highest BCUT2D eigenvalue weighted by Gasteiger charge is 2.11. The third-order valence-electron chi connectivity index (χ3n) is 3.21. The van der Waals surface area contributed by atoms with Crippen LogP contribution in [0.3, 0.4) is 0 Å². The first kappa shape index (κ1) is 17.0. The lowest BCUT2D eigenvalue weighted by molar-refractivity contribution is 0.368. The van der Waals surface area contributed by atoms with E-state index in [-0.39, 0.29) is 12.5 Å². The minimum absolute atomic E-state index is 0.00536. The van der Waals surface area contributed by atoms with Gasteiger partial charge in [0, 0.05) is 10.6 Å². The standard InChI is InChI=1S/C18H11Cl2N3O2/c19-14-5-3-13(4-6-14)17-22-18(25-23-17)16(20)11-12-1-7-15(8-2-12)24-10-9-21/h1-8,11H,10H2/b16-11-. The molecule has 2 aromatic carbocycles. The molecule has 1 heterocycles. The fourth-order valence-electron chi connectivity index (χ4n) is 2.02. The Bertz CT molecular complexity index is 926. The van der Waals surface area contributed by atoms with Gasteiger partial charge in [0.1, 0.15) is 16.9 Å². The zero-order valence-corrected chi connectivity index (χ0v) is 14.3. The molecule has 0 N–H and O–H groups in total. The summed E-state index contributed by atoms with van der Waals surface area (Å²) in [5.74, 6) is 1.26. The summed E-state index contributed by atoms with van der Waals surface area (Å²) in [7, 11) is 0. The predicted octanol–water partition coefficient (Wildman–Crippen LogP) is 5.03. The molecule has 0 spiro atoms. The van der Waals surface area contributed by atoms with Crippen LogP contribution >= 0.6 is 23.2 Å². The summed E-state index contributed by atoms with van der Waals surface area (Å²) in [4.78, 5) is 4.28. The highest BCUT2D eigenvalue weighted by molar-refractivity contribution is 6.50. The second kappa shape index (κ2) is 7.84. The Hall–Kier alpha value is -2.81. The van der Waals surface area contributed by atoms with Gasteiger partial charge in [0.25, 0.3) is 5.89 Å². The predicted molar refractivity (Wildman–Crippen MR) is 96.0 cm³/mol. The average Bonchev–Trinajstić information content (AvgIpc) is 3.12. The first-order chi connectivity index (χ1) is 12.2. The van der Waals surface area contributed by atoms with Crippen molar-refractivity contribution in [3.63, 3.8) is 0 Å². The molecule has 124 valence electrons. The van der Waals surface area contributed by atoms with Crippen molar-refractivity contribution in [2.45, 2.75) is 0 Å². The molecular weight excluding hydrogens is 361 g/mol. The van der Waals surface area contributed by atoms with E-state index in [1.807, 2.05) is 18.2 Å². The minimum atomic E-state index is 0.00536. The number of nitrogens with zero attached hydrogens (tertiary/aromatic N) is 3. The van der Waals surface area contributed by atoms with Crippen LogP contribution in [0.4, 0.5) is 0 Å². The van der Waals surface area contributed by atoms with Gasteiger partial charge >= 0.3 is 0 Å². The van der Waals surface area contributed by atoms with Crippen LogP contribution in [-0.4, -0.2) is 16.7 Å². The first-order valence-electron chi connectivity index (χ1n) is 7.23. The zero-order valence-electron chi connectivity index (χ0n) is 12.8. The topological polar surface area (TPSA) is 71.9 Å². The van der Waals surface area contributed by atoms with Gasteiger partial charge in [-0.25, -0.2) is 0 Å². The molecule has 0 saturated carbocycles. The smallest absolute Gasteiger partial charge is 0.269 e. The molecule has 3 aromatic rings. The van der Waals surface area contributed by atoms with Crippen LogP contribution in [0.1, 0.15) is 11.5 Å². The highest BCUT2D eigenvalue weighted by atomic mass is 35.5. The average molecular weight is 372 g/mol. The summed E-state index contributed by atoms with van der Waals surface area (Å²) in [6.45, 7) is 0.00536. The van der Waals surface area contributed by atoms with E-state index in [2.05, 4.69) is 10.1 Å². The van der Waals surface area contributed by atoms with E-state index in [0.717, 1.165) is 11.1 Å². The number of rotatable bonds is 5. The Labute approximate surface area is 154 Å². The monoisotopic (exact) mass is 371 g/mol. The lowest BCUT2D eigenvalue weighted by Crippen LogP contribution is -1.92. The second-order valence-corrected chi connectivity index (χ2v) is 5.78. The van der Waals surface area contributed by atoms with Crippen molar-refractivity contribution < 1.29 is 9.26 Å². The molecule has 0 aliphatic heterocycles. The van der Waals surface area contributed by atoms with E-state index in [4.69, 9.17) is 37.7 Å². The lowest BCUT2D eigenvalue weighted by Gasteiger charge is -2.01. The molecule has 0 radical (unpaired) electrons. The second-order valence-electron chi connectivity index (χ2n) is 4.94. The summed E-state index contributed by atoms with van der Waals surface area (Å²) >= 11 is 12.1. The van der Waals surface area contributed by atoms with Crippen molar-refractivity contribution in [2.24, 2.45) is 0 Å². The molecular formula is C18H11Cl2N3O2. The number of halogens is 2. The SMILES string of the molecule is N#CCOc1ccc(/C=C(\Cl)c2nc(-c3ccc(Cl)cc3)no2)cc1. The Balaban J connectivity index is 1.76. The quantitative estimate of drug-likeness (QED) is 0.628. The van der Waals surface area contributed by atoms with Gasteiger partial charge in [-0.1, -0.05) is 40.5 Å². The Morgan fingerprint density at radius 2 is 1.88 bits per heavy atom. The lowest BCUT2D eigenvalue weighted by atomic mass is 10.2. The number of nitriles is 1. The van der Waals surface area contributed by atoms with Crippen LogP contribution < -0.4 is 4.74 Å². The number of ether oxygens (including phenoxy) is 1. The van der Waals surface area contributed by atoms with E-state index in [9.17, 15) is 0 Å². The maximum absolute atomic E-state index is 8.49. The van der Waals surface area contributed by atoms with Gasteiger partial charge in [-0.2, -0.15) is 10.2 Å². The molecule has 0 amide bonds. The first-order valence-corrected chi connectivity index (χ1v) is 7.98. The van der Waals surface area contributed by atoms with E-state index >= 15 is 0 Å². The van der Waals surface area contributed by atoms with Crippen LogP contribution in [0, 0.1) is 11.3 Å². The molecule has 5 nitrogen and oxygen atoms in total. The summed E-state index contributed by atoms with van der Waals surface area (Å²) in [5.41, 5.74) is 1.61. The molecule has 7 heteroatoms. The fourth-order valence-corrected chi connectivity index (χ4v) is 2.35. The van der Waals surface area contributed by atoms with Gasteiger partial charge in [0.2, 0.25) is 5.82 Å². The van der Waals surface area contributed by atoms with Crippen LogP contribution in [0.15, 0.2) is 53.1 Å². The van der Waals surface area contributed by atoms with Gasteiger partial charge in [-0.15, -0.1) is 0 Å². The maximum Gasteiger partial charge on any atom is 0.269 e. The Morgan fingerprint density at radius 1 is 1.16 bits per heavy atom. The summed E-state index contributed by atoms with van der Waals surface area (Å²) in [6, 6.07) is 16.1. The van der Waals surface area contributed by atoms with Gasteiger partial charge in [-0.3, -0.25) is 0 Å². The number of aromatic nitrogens is 2. The van der Waals surface area contributed by atoms with Crippen LogP contribution in [-0.2, 0) is 0 Å². The molecule has 0 unspecified atom stereocenters. The summed E-state index contributed by atoms with van der Waals surface area (Å²) in [5, 5.41) is 13.4. The minimum Gasteiger partial charge on any atom is -0.479 e. The number of hydrogen-bond acceptors (Lipinski definition) is 5. The van der Waals surface area contributed by atoms with E-state index in [1.165, 1.54) is 0 Å². The largest absolute Gasteiger partial charge is 0.479 e. The Kier molecular flexibility index (Phi) is 5.34. The molecule has 0 aliphatic carbocycles. The molecule has 0 fully saturated rings. The van der Waals surface area contributed by atoms with Crippen LogP contribution in [0.25, 0.3) is 22.5 Å². The van der Waals surface area contributed by atoms with Crippen LogP contribution in [0.2, 0.25) is 5.02 Å². The molecule has 0 saturated heterocycles. The normalized spacial score (nSPS) is 11.2.